The van der Waals surface area contributed by atoms with Crippen molar-refractivity contribution in [2.24, 2.45) is 0 Å². The molecular weight excluding hydrogens is 434 g/mol. The molecule has 34 heavy (non-hydrogen) atoms. The number of nitrogens with one attached hydrogen (secondary N) is 1. The van der Waals surface area contributed by atoms with Crippen LogP contribution in [0.1, 0.15) is 23.1 Å². The molecule has 0 saturated carbocycles. The summed E-state index contributed by atoms with van der Waals surface area (Å²) in [5, 5.41) is 19.5. The summed E-state index contributed by atoms with van der Waals surface area (Å²) in [6.45, 7) is 2.28. The molecule has 3 heterocycles. The van der Waals surface area contributed by atoms with E-state index in [-0.39, 0.29) is 12.3 Å². The van der Waals surface area contributed by atoms with Gasteiger partial charge in [0.25, 0.3) is 0 Å². The third-order valence-electron chi connectivity index (χ3n) is 5.42. The smallest absolute Gasteiger partial charge is 0.356 e. The van der Waals surface area contributed by atoms with E-state index in [1.54, 1.807) is 23.9 Å². The van der Waals surface area contributed by atoms with Crippen molar-refractivity contribution in [3.63, 3.8) is 0 Å². The number of para-hydroxylation sites is 1. The molecular formula is C25H23N5O4. The number of rotatable bonds is 7. The second-order valence-electron chi connectivity index (χ2n) is 8.04. The lowest BCUT2D eigenvalue weighted by molar-refractivity contribution is 0.0594. The van der Waals surface area contributed by atoms with Gasteiger partial charge in [-0.15, -0.1) is 5.10 Å². The highest BCUT2D eigenvalue weighted by Crippen LogP contribution is 2.34. The Morgan fingerprint density at radius 1 is 1.15 bits per heavy atom. The van der Waals surface area contributed by atoms with Gasteiger partial charge in [0.2, 0.25) is 0 Å². The van der Waals surface area contributed by atoms with Gasteiger partial charge in [0.15, 0.2) is 0 Å². The Balaban J connectivity index is 1.50. The normalized spacial score (nSPS) is 12.2. The van der Waals surface area contributed by atoms with Crippen LogP contribution in [-0.4, -0.2) is 49.3 Å². The standard InChI is InChI=1S/C25H23N5O4/c1-15(31)12-30-13-17(28-29-30)14-34-18-7-5-6-16(10-18)23-24-20(11-22(27-23)25(32)33-2)19-8-3-4-9-21(19)26-24/h3-11,13,15,26,31H,12,14H2,1-2H3. The molecule has 1 unspecified atom stereocenters. The van der Waals surface area contributed by atoms with E-state index in [1.807, 2.05) is 48.5 Å². The molecule has 2 N–H and O–H groups in total. The van der Waals surface area contributed by atoms with Gasteiger partial charge in [0.1, 0.15) is 23.7 Å². The molecule has 0 aliphatic rings. The number of fused-ring (bicyclic) bond motifs is 3. The van der Waals surface area contributed by atoms with Gasteiger partial charge in [-0.25, -0.2) is 14.5 Å². The van der Waals surface area contributed by atoms with Crippen LogP contribution in [0.3, 0.4) is 0 Å². The zero-order valence-electron chi connectivity index (χ0n) is 18.7. The van der Waals surface area contributed by atoms with Crippen molar-refractivity contribution in [2.75, 3.05) is 7.11 Å². The number of nitrogens with zero attached hydrogens (tertiary/aromatic N) is 4. The summed E-state index contributed by atoms with van der Waals surface area (Å²) in [4.78, 5) is 20.4. The molecule has 172 valence electrons. The topological polar surface area (TPSA) is 115 Å². The average molecular weight is 457 g/mol. The summed E-state index contributed by atoms with van der Waals surface area (Å²) in [6, 6.07) is 17.2. The van der Waals surface area contributed by atoms with Gasteiger partial charge in [-0.1, -0.05) is 35.5 Å². The predicted octanol–water partition coefficient (Wildman–Crippen LogP) is 3.72. The van der Waals surface area contributed by atoms with Crippen LogP contribution < -0.4 is 4.74 Å². The molecule has 9 heteroatoms. The van der Waals surface area contributed by atoms with E-state index < -0.39 is 12.1 Å². The number of aliphatic hydroxyl groups is 1. The molecule has 5 aromatic rings. The molecule has 0 saturated heterocycles. The van der Waals surface area contributed by atoms with Gasteiger partial charge in [0, 0.05) is 21.9 Å². The fraction of sp³-hybridized carbons (Fsp3) is 0.200. The number of methoxy groups -OCH3 is 1. The molecule has 1 atom stereocenters. The largest absolute Gasteiger partial charge is 0.487 e. The van der Waals surface area contributed by atoms with Crippen LogP contribution in [0.15, 0.2) is 60.8 Å². The number of H-pyrrole nitrogens is 1. The van der Waals surface area contributed by atoms with E-state index in [2.05, 4.69) is 20.3 Å². The van der Waals surface area contributed by atoms with Crippen molar-refractivity contribution in [3.05, 3.63) is 72.2 Å². The Bertz CT molecular complexity index is 1490. The van der Waals surface area contributed by atoms with E-state index >= 15 is 0 Å². The highest BCUT2D eigenvalue weighted by atomic mass is 16.5. The lowest BCUT2D eigenvalue weighted by Crippen LogP contribution is -2.12. The van der Waals surface area contributed by atoms with Crippen molar-refractivity contribution < 1.29 is 19.4 Å². The Morgan fingerprint density at radius 3 is 2.82 bits per heavy atom. The van der Waals surface area contributed by atoms with Crippen molar-refractivity contribution in [1.29, 1.82) is 0 Å². The number of esters is 1. The van der Waals surface area contributed by atoms with E-state index in [4.69, 9.17) is 9.47 Å². The number of benzene rings is 2. The quantitative estimate of drug-likeness (QED) is 0.358. The number of pyridine rings is 1. The van der Waals surface area contributed by atoms with Crippen LogP contribution >= 0.6 is 0 Å². The van der Waals surface area contributed by atoms with Crippen molar-refractivity contribution in [3.8, 4) is 17.0 Å². The fourth-order valence-electron chi connectivity index (χ4n) is 3.92. The molecule has 5 rings (SSSR count). The summed E-state index contributed by atoms with van der Waals surface area (Å²) in [6.07, 6.45) is 1.23. The lowest BCUT2D eigenvalue weighted by Gasteiger charge is -2.09. The van der Waals surface area contributed by atoms with Crippen LogP contribution in [0.4, 0.5) is 0 Å². The Hall–Kier alpha value is -4.24. The lowest BCUT2D eigenvalue weighted by atomic mass is 10.1. The number of carbonyl (C=O) groups excluding carboxylic acids is 1. The first-order chi connectivity index (χ1) is 16.5. The maximum absolute atomic E-state index is 12.3. The highest BCUT2D eigenvalue weighted by Gasteiger charge is 2.17. The monoisotopic (exact) mass is 457 g/mol. The minimum atomic E-state index is -0.512. The van der Waals surface area contributed by atoms with E-state index in [0.717, 1.165) is 27.4 Å². The summed E-state index contributed by atoms with van der Waals surface area (Å²) in [7, 11) is 1.34. The molecule has 0 fully saturated rings. The molecule has 0 amide bonds. The van der Waals surface area contributed by atoms with Gasteiger partial charge in [-0.3, -0.25) is 0 Å². The van der Waals surface area contributed by atoms with Gasteiger partial charge in [-0.2, -0.15) is 0 Å². The summed E-state index contributed by atoms with van der Waals surface area (Å²) < 4.78 is 12.4. The highest BCUT2D eigenvalue weighted by molar-refractivity contribution is 6.12. The first-order valence-electron chi connectivity index (χ1n) is 10.8. The number of ether oxygens (including phenoxy) is 2. The van der Waals surface area contributed by atoms with Crippen molar-refractivity contribution in [1.82, 2.24) is 25.0 Å². The average Bonchev–Trinajstić information content (AvgIpc) is 3.45. The molecule has 0 bridgehead atoms. The van der Waals surface area contributed by atoms with Gasteiger partial charge < -0.3 is 19.6 Å². The maximum atomic E-state index is 12.3. The minimum Gasteiger partial charge on any atom is -0.487 e. The van der Waals surface area contributed by atoms with Crippen LogP contribution in [0.25, 0.3) is 33.1 Å². The van der Waals surface area contributed by atoms with Gasteiger partial charge in [0.05, 0.1) is 37.2 Å². The number of carbonyl (C=O) groups is 1. The maximum Gasteiger partial charge on any atom is 0.356 e. The number of aromatic amines is 1. The number of hydrogen-bond acceptors (Lipinski definition) is 7. The first-order valence-corrected chi connectivity index (χ1v) is 10.8. The Morgan fingerprint density at radius 2 is 2.00 bits per heavy atom. The Labute approximate surface area is 195 Å². The summed E-state index contributed by atoms with van der Waals surface area (Å²) in [5.74, 6) is 0.123. The van der Waals surface area contributed by atoms with Gasteiger partial charge in [-0.05, 0) is 31.2 Å². The van der Waals surface area contributed by atoms with Crippen LogP contribution in [0.2, 0.25) is 0 Å². The van der Waals surface area contributed by atoms with Gasteiger partial charge >= 0.3 is 5.97 Å². The molecule has 2 aromatic carbocycles. The fourth-order valence-corrected chi connectivity index (χ4v) is 3.92. The zero-order chi connectivity index (χ0) is 23.7. The van der Waals surface area contributed by atoms with E-state index in [9.17, 15) is 9.90 Å². The summed E-state index contributed by atoms with van der Waals surface area (Å²) in [5.41, 5.74) is 4.08. The van der Waals surface area contributed by atoms with E-state index in [0.29, 0.717) is 23.7 Å². The Kier molecular flexibility index (Phi) is 5.69. The number of aliphatic hydroxyl groups excluding tert-OH is 1. The number of aromatic nitrogens is 5. The van der Waals surface area contributed by atoms with Crippen molar-refractivity contribution in [2.45, 2.75) is 26.2 Å². The minimum absolute atomic E-state index is 0.223. The third kappa shape index (κ3) is 4.20. The van der Waals surface area contributed by atoms with Crippen LogP contribution in [0.5, 0.6) is 5.75 Å². The van der Waals surface area contributed by atoms with E-state index in [1.165, 1.54) is 7.11 Å². The van der Waals surface area contributed by atoms with Crippen LogP contribution in [-0.2, 0) is 17.9 Å². The molecule has 0 radical (unpaired) electrons. The molecule has 0 aliphatic heterocycles. The summed E-state index contributed by atoms with van der Waals surface area (Å²) >= 11 is 0. The first kappa shape index (κ1) is 21.6. The second kappa shape index (κ2) is 8.95. The molecule has 0 aliphatic carbocycles. The zero-order valence-corrected chi connectivity index (χ0v) is 18.7. The molecule has 0 spiro atoms. The SMILES string of the molecule is COC(=O)c1cc2c([nH]c3ccccc32)c(-c2cccc(OCc3cn(CC(C)O)nn3)c2)n1. The van der Waals surface area contributed by atoms with Crippen LogP contribution in [0, 0.1) is 0 Å². The predicted molar refractivity (Wildman–Crippen MR) is 126 cm³/mol. The molecule has 9 nitrogen and oxygen atoms in total. The van der Waals surface area contributed by atoms with Crippen molar-refractivity contribution >= 4 is 27.8 Å². The third-order valence-corrected chi connectivity index (χ3v) is 5.42. The second-order valence-corrected chi connectivity index (χ2v) is 8.04. The molecule has 3 aromatic heterocycles. The number of hydrogen-bond donors (Lipinski definition) is 2.